The first-order chi connectivity index (χ1) is 5.24. The van der Waals surface area contributed by atoms with Crippen LogP contribution in [0.5, 0.6) is 0 Å². The fourth-order valence-electron chi connectivity index (χ4n) is 0.955. The Labute approximate surface area is 66.7 Å². The lowest BCUT2D eigenvalue weighted by Gasteiger charge is -1.97. The van der Waals surface area contributed by atoms with E-state index in [4.69, 9.17) is 0 Å². The first-order valence-electron chi connectivity index (χ1n) is 3.59. The van der Waals surface area contributed by atoms with E-state index in [9.17, 15) is 0 Å². The van der Waals surface area contributed by atoms with Gasteiger partial charge >= 0.3 is 0 Å². The molecule has 0 saturated carbocycles. The summed E-state index contributed by atoms with van der Waals surface area (Å²) in [5.74, 6) is 0. The van der Waals surface area contributed by atoms with E-state index < -0.39 is 0 Å². The van der Waals surface area contributed by atoms with E-state index >= 15 is 0 Å². The third-order valence-electron chi connectivity index (χ3n) is 1.45. The molecule has 0 saturated heterocycles. The number of nitrogens with one attached hydrogen (secondary N) is 1. The molecule has 1 N–H and O–H groups in total. The van der Waals surface area contributed by atoms with E-state index in [0.29, 0.717) is 0 Å². The van der Waals surface area contributed by atoms with E-state index in [1.807, 2.05) is 26.2 Å². The summed E-state index contributed by atoms with van der Waals surface area (Å²) in [5.41, 5.74) is 2.10. The van der Waals surface area contributed by atoms with Crippen molar-refractivity contribution < 1.29 is 0 Å². The van der Waals surface area contributed by atoms with Crippen molar-refractivity contribution >= 4 is 5.69 Å². The SMILES string of the molecule is C=CCNc1cn(C)nc1C. The van der Waals surface area contributed by atoms with Gasteiger partial charge in [0.05, 0.1) is 11.4 Å². The highest BCUT2D eigenvalue weighted by atomic mass is 15.3. The molecule has 0 amide bonds. The van der Waals surface area contributed by atoms with E-state index in [-0.39, 0.29) is 0 Å². The van der Waals surface area contributed by atoms with Gasteiger partial charge in [0.25, 0.3) is 0 Å². The summed E-state index contributed by atoms with van der Waals surface area (Å²) in [4.78, 5) is 0. The molecule has 0 aliphatic rings. The fraction of sp³-hybridized carbons (Fsp3) is 0.375. The normalized spacial score (nSPS) is 9.64. The quantitative estimate of drug-likeness (QED) is 0.660. The first kappa shape index (κ1) is 7.85. The molecule has 1 aromatic heterocycles. The van der Waals surface area contributed by atoms with Crippen LogP contribution in [-0.4, -0.2) is 16.3 Å². The molecule has 0 spiro atoms. The van der Waals surface area contributed by atoms with Crippen molar-refractivity contribution in [2.24, 2.45) is 7.05 Å². The molecule has 0 unspecified atom stereocenters. The molecule has 1 aromatic rings. The predicted octanol–water partition coefficient (Wildman–Crippen LogP) is 1.33. The Morgan fingerprint density at radius 2 is 2.55 bits per heavy atom. The number of aryl methyl sites for hydroxylation is 2. The van der Waals surface area contributed by atoms with Crippen molar-refractivity contribution in [3.8, 4) is 0 Å². The van der Waals surface area contributed by atoms with Crippen molar-refractivity contribution in [1.82, 2.24) is 9.78 Å². The number of anilines is 1. The minimum absolute atomic E-state index is 0.784. The van der Waals surface area contributed by atoms with Crippen LogP contribution in [0.25, 0.3) is 0 Å². The lowest BCUT2D eigenvalue weighted by atomic mass is 10.4. The molecule has 0 atom stereocenters. The van der Waals surface area contributed by atoms with Gasteiger partial charge in [-0.2, -0.15) is 5.10 Å². The molecule has 60 valence electrons. The predicted molar refractivity (Wildman–Crippen MR) is 46.6 cm³/mol. The van der Waals surface area contributed by atoms with Gasteiger partial charge in [0.2, 0.25) is 0 Å². The van der Waals surface area contributed by atoms with Crippen molar-refractivity contribution in [2.45, 2.75) is 6.92 Å². The van der Waals surface area contributed by atoms with Gasteiger partial charge in [-0.1, -0.05) is 6.08 Å². The standard InChI is InChI=1S/C8H13N3/c1-4-5-9-8-6-11(3)10-7(8)2/h4,6,9H,1,5H2,2-3H3. The largest absolute Gasteiger partial charge is 0.379 e. The Hall–Kier alpha value is -1.25. The monoisotopic (exact) mass is 151 g/mol. The van der Waals surface area contributed by atoms with Crippen LogP contribution in [0, 0.1) is 6.92 Å². The average Bonchev–Trinajstić information content (AvgIpc) is 2.26. The fourth-order valence-corrected chi connectivity index (χ4v) is 0.955. The summed E-state index contributed by atoms with van der Waals surface area (Å²) in [6.45, 7) is 6.38. The summed E-state index contributed by atoms with van der Waals surface area (Å²) >= 11 is 0. The maximum Gasteiger partial charge on any atom is 0.0825 e. The summed E-state index contributed by atoms with van der Waals surface area (Å²) in [6, 6.07) is 0. The Morgan fingerprint density at radius 1 is 1.82 bits per heavy atom. The zero-order valence-electron chi connectivity index (χ0n) is 6.96. The second kappa shape index (κ2) is 3.23. The molecule has 3 heteroatoms. The smallest absolute Gasteiger partial charge is 0.0825 e. The summed E-state index contributed by atoms with van der Waals surface area (Å²) in [5, 5.41) is 7.37. The zero-order valence-corrected chi connectivity index (χ0v) is 6.96. The van der Waals surface area contributed by atoms with Crippen molar-refractivity contribution in [1.29, 1.82) is 0 Å². The van der Waals surface area contributed by atoms with Gasteiger partial charge in [0.1, 0.15) is 0 Å². The highest BCUT2D eigenvalue weighted by Gasteiger charge is 1.98. The van der Waals surface area contributed by atoms with E-state index in [1.165, 1.54) is 0 Å². The van der Waals surface area contributed by atoms with Crippen molar-refractivity contribution in [3.05, 3.63) is 24.5 Å². The van der Waals surface area contributed by atoms with Crippen LogP contribution in [0.2, 0.25) is 0 Å². The summed E-state index contributed by atoms with van der Waals surface area (Å²) in [7, 11) is 1.91. The van der Waals surface area contributed by atoms with Crippen LogP contribution in [0.4, 0.5) is 5.69 Å². The van der Waals surface area contributed by atoms with Gasteiger partial charge in [-0.05, 0) is 6.92 Å². The van der Waals surface area contributed by atoms with Crippen LogP contribution in [0.15, 0.2) is 18.9 Å². The Bertz CT molecular complexity index is 250. The molecule has 0 aliphatic carbocycles. The van der Waals surface area contributed by atoms with Crippen molar-refractivity contribution in [3.63, 3.8) is 0 Å². The van der Waals surface area contributed by atoms with Gasteiger partial charge in [0.15, 0.2) is 0 Å². The second-order valence-corrected chi connectivity index (χ2v) is 2.47. The molecule has 1 rings (SSSR count). The van der Waals surface area contributed by atoms with E-state index in [2.05, 4.69) is 17.0 Å². The molecule has 3 nitrogen and oxygen atoms in total. The van der Waals surface area contributed by atoms with Crippen LogP contribution < -0.4 is 5.32 Å². The van der Waals surface area contributed by atoms with Gasteiger partial charge in [-0.3, -0.25) is 4.68 Å². The zero-order chi connectivity index (χ0) is 8.27. The molecule has 0 aliphatic heterocycles. The molecule has 1 heterocycles. The highest BCUT2D eigenvalue weighted by molar-refractivity contribution is 5.45. The van der Waals surface area contributed by atoms with Gasteiger partial charge in [-0.15, -0.1) is 6.58 Å². The van der Waals surface area contributed by atoms with Crippen molar-refractivity contribution in [2.75, 3.05) is 11.9 Å². The van der Waals surface area contributed by atoms with E-state index in [1.54, 1.807) is 4.68 Å². The molecule has 0 bridgehead atoms. The van der Waals surface area contributed by atoms with Crippen LogP contribution >= 0.6 is 0 Å². The molecule has 0 aromatic carbocycles. The van der Waals surface area contributed by atoms with Crippen LogP contribution in [0.1, 0.15) is 5.69 Å². The minimum Gasteiger partial charge on any atom is -0.379 e. The number of rotatable bonds is 3. The number of aromatic nitrogens is 2. The molecular formula is C8H13N3. The maximum atomic E-state index is 4.18. The summed E-state index contributed by atoms with van der Waals surface area (Å²) < 4.78 is 1.79. The minimum atomic E-state index is 0.784. The second-order valence-electron chi connectivity index (χ2n) is 2.47. The first-order valence-corrected chi connectivity index (χ1v) is 3.59. The third kappa shape index (κ3) is 1.83. The third-order valence-corrected chi connectivity index (χ3v) is 1.45. The molecule has 0 fully saturated rings. The van der Waals surface area contributed by atoms with Gasteiger partial charge in [-0.25, -0.2) is 0 Å². The maximum absolute atomic E-state index is 4.18. The Morgan fingerprint density at radius 3 is 3.00 bits per heavy atom. The number of hydrogen-bond acceptors (Lipinski definition) is 2. The molecule has 11 heavy (non-hydrogen) atoms. The van der Waals surface area contributed by atoms with Crippen LogP contribution in [-0.2, 0) is 7.05 Å². The van der Waals surface area contributed by atoms with Gasteiger partial charge in [0, 0.05) is 19.8 Å². The molecular weight excluding hydrogens is 138 g/mol. The topological polar surface area (TPSA) is 29.9 Å². The number of nitrogens with zero attached hydrogens (tertiary/aromatic N) is 2. The lowest BCUT2D eigenvalue weighted by molar-refractivity contribution is 0.756. The summed E-state index contributed by atoms with van der Waals surface area (Å²) in [6.07, 6.45) is 3.78. The average molecular weight is 151 g/mol. The Balaban J connectivity index is 2.69. The Kier molecular flexibility index (Phi) is 2.31. The number of hydrogen-bond donors (Lipinski definition) is 1. The van der Waals surface area contributed by atoms with Gasteiger partial charge < -0.3 is 5.32 Å². The highest BCUT2D eigenvalue weighted by Crippen LogP contribution is 2.10. The molecule has 0 radical (unpaired) electrons. The van der Waals surface area contributed by atoms with Crippen LogP contribution in [0.3, 0.4) is 0 Å². The van der Waals surface area contributed by atoms with E-state index in [0.717, 1.165) is 17.9 Å². The lowest BCUT2D eigenvalue weighted by Crippen LogP contribution is -1.97.